The predicted molar refractivity (Wildman–Crippen MR) is 131 cm³/mol. The largest absolute Gasteiger partial charge is 0.494 e. The quantitative estimate of drug-likeness (QED) is 0.328. The van der Waals surface area contributed by atoms with E-state index in [2.05, 4.69) is 11.1 Å². The van der Waals surface area contributed by atoms with Gasteiger partial charge in [0.1, 0.15) is 11.2 Å². The fourth-order valence-corrected chi connectivity index (χ4v) is 5.88. The van der Waals surface area contributed by atoms with Crippen molar-refractivity contribution in [1.29, 1.82) is 5.26 Å². The summed E-state index contributed by atoms with van der Waals surface area (Å²) in [7, 11) is 0. The molecule has 2 aliphatic rings. The number of halogens is 3. The van der Waals surface area contributed by atoms with Gasteiger partial charge in [0.05, 0.1) is 46.7 Å². The van der Waals surface area contributed by atoms with Crippen molar-refractivity contribution < 1.29 is 38.0 Å². The maximum Gasteiger partial charge on any atom is 0.417 e. The van der Waals surface area contributed by atoms with Gasteiger partial charge >= 0.3 is 6.18 Å². The lowest BCUT2D eigenvalue weighted by Gasteiger charge is -2.26. The third-order valence-electron chi connectivity index (χ3n) is 7.72. The number of aliphatic hydroxyl groups excluding tert-OH is 1. The fraction of sp³-hybridized carbons (Fsp3) is 0.286. The Morgan fingerprint density at radius 1 is 1.10 bits per heavy atom. The van der Waals surface area contributed by atoms with Crippen molar-refractivity contribution in [2.24, 2.45) is 0 Å². The highest BCUT2D eigenvalue weighted by Gasteiger charge is 2.66. The molecule has 8 nitrogen and oxygen atoms in total. The summed E-state index contributed by atoms with van der Waals surface area (Å²) >= 11 is 0. The minimum Gasteiger partial charge on any atom is -0.494 e. The summed E-state index contributed by atoms with van der Waals surface area (Å²) in [6.45, 7) is 1.58. The van der Waals surface area contributed by atoms with Gasteiger partial charge in [0.15, 0.2) is 0 Å². The SMILES string of the molecule is C[C@@]12O[C@@](CCOc3ccc(C(F)(F)F)cn3)(C[C@H]1O)c1c2c(O)n(-c2ccc(C#N)c3ccccc23)c1O. The van der Waals surface area contributed by atoms with Gasteiger partial charge in [0.2, 0.25) is 17.6 Å². The highest BCUT2D eigenvalue weighted by Crippen LogP contribution is 2.65. The number of alkyl halides is 3. The number of pyridine rings is 1. The van der Waals surface area contributed by atoms with Crippen LogP contribution >= 0.6 is 0 Å². The summed E-state index contributed by atoms with van der Waals surface area (Å²) in [5.41, 5.74) is -2.02. The molecule has 0 unspecified atom stereocenters. The van der Waals surface area contributed by atoms with Crippen LogP contribution in [-0.2, 0) is 22.1 Å². The smallest absolute Gasteiger partial charge is 0.417 e. The second-order valence-corrected chi connectivity index (χ2v) is 9.93. The first-order valence-electron chi connectivity index (χ1n) is 12.1. The van der Waals surface area contributed by atoms with Gasteiger partial charge < -0.3 is 24.8 Å². The molecule has 11 heteroatoms. The molecule has 2 aliphatic heterocycles. The van der Waals surface area contributed by atoms with Crippen molar-refractivity contribution in [2.45, 2.75) is 43.2 Å². The zero-order valence-corrected chi connectivity index (χ0v) is 20.5. The van der Waals surface area contributed by atoms with Crippen molar-refractivity contribution in [2.75, 3.05) is 6.61 Å². The van der Waals surface area contributed by atoms with Crippen molar-refractivity contribution >= 4 is 10.8 Å². The van der Waals surface area contributed by atoms with Crippen LogP contribution in [0.1, 0.15) is 42.0 Å². The maximum absolute atomic E-state index is 12.8. The molecule has 4 aromatic rings. The summed E-state index contributed by atoms with van der Waals surface area (Å²) in [5.74, 6) is -0.598. The van der Waals surface area contributed by atoms with E-state index >= 15 is 0 Å². The van der Waals surface area contributed by atoms with E-state index in [9.17, 15) is 33.8 Å². The molecule has 1 fully saturated rings. The van der Waals surface area contributed by atoms with Crippen LogP contribution in [0.2, 0.25) is 0 Å². The summed E-state index contributed by atoms with van der Waals surface area (Å²) in [6, 6.07) is 14.5. The first-order chi connectivity index (χ1) is 18.5. The predicted octanol–water partition coefficient (Wildman–Crippen LogP) is 5.00. The first-order valence-corrected chi connectivity index (χ1v) is 12.1. The molecule has 6 rings (SSSR count). The summed E-state index contributed by atoms with van der Waals surface area (Å²) in [6.07, 6.45) is -4.63. The second-order valence-electron chi connectivity index (χ2n) is 9.93. The summed E-state index contributed by atoms with van der Waals surface area (Å²) in [4.78, 5) is 3.71. The highest BCUT2D eigenvalue weighted by atomic mass is 19.4. The lowest BCUT2D eigenvalue weighted by atomic mass is 9.76. The molecule has 2 aromatic carbocycles. The number of hydrogen-bond acceptors (Lipinski definition) is 7. The van der Waals surface area contributed by atoms with E-state index in [-0.39, 0.29) is 42.7 Å². The number of aromatic nitrogens is 2. The minimum atomic E-state index is -4.52. The second kappa shape index (κ2) is 8.36. The Hall–Kier alpha value is -4.27. The number of nitrogens with zero attached hydrogens (tertiary/aromatic N) is 3. The molecule has 1 saturated heterocycles. The molecule has 0 amide bonds. The molecule has 2 aromatic heterocycles. The molecule has 0 spiro atoms. The van der Waals surface area contributed by atoms with Crippen LogP contribution in [0.5, 0.6) is 17.6 Å². The minimum absolute atomic E-state index is 0.0207. The van der Waals surface area contributed by atoms with E-state index < -0.39 is 29.0 Å². The number of ether oxygens (including phenoxy) is 2. The number of aliphatic hydroxyl groups is 1. The van der Waals surface area contributed by atoms with Crippen molar-refractivity contribution in [3.8, 4) is 29.4 Å². The Morgan fingerprint density at radius 2 is 1.82 bits per heavy atom. The van der Waals surface area contributed by atoms with Gasteiger partial charge in [-0.25, -0.2) is 4.98 Å². The summed E-state index contributed by atoms with van der Waals surface area (Å²) in [5, 5.41) is 44.6. The molecule has 4 heterocycles. The zero-order chi connectivity index (χ0) is 27.7. The normalized spacial score (nSPS) is 23.6. The van der Waals surface area contributed by atoms with E-state index in [4.69, 9.17) is 9.47 Å². The molecule has 3 atom stereocenters. The van der Waals surface area contributed by atoms with Crippen LogP contribution in [0.3, 0.4) is 0 Å². The third-order valence-corrected chi connectivity index (χ3v) is 7.72. The van der Waals surface area contributed by atoms with Gasteiger partial charge in [-0.2, -0.15) is 18.4 Å². The van der Waals surface area contributed by atoms with E-state index in [1.807, 2.05) is 0 Å². The van der Waals surface area contributed by atoms with Crippen molar-refractivity contribution in [1.82, 2.24) is 9.55 Å². The molecule has 2 bridgehead atoms. The number of hydrogen-bond donors (Lipinski definition) is 3. The lowest BCUT2D eigenvalue weighted by Crippen LogP contribution is -2.33. The van der Waals surface area contributed by atoms with E-state index in [1.165, 1.54) is 4.57 Å². The first kappa shape index (κ1) is 25.0. The van der Waals surface area contributed by atoms with E-state index in [0.717, 1.165) is 12.1 Å². The van der Waals surface area contributed by atoms with Crippen molar-refractivity contribution in [3.63, 3.8) is 0 Å². The Kier molecular flexibility index (Phi) is 5.37. The topological polar surface area (TPSA) is 121 Å². The number of benzene rings is 2. The highest BCUT2D eigenvalue weighted by molar-refractivity contribution is 5.95. The number of fused-ring (bicyclic) bond motifs is 6. The van der Waals surface area contributed by atoms with Crippen LogP contribution < -0.4 is 4.74 Å². The maximum atomic E-state index is 12.8. The van der Waals surface area contributed by atoms with Crippen molar-refractivity contribution in [3.05, 3.63) is 77.0 Å². The number of rotatable bonds is 5. The Morgan fingerprint density at radius 3 is 2.49 bits per heavy atom. The number of aromatic hydroxyl groups is 2. The molecule has 0 saturated carbocycles. The van der Waals surface area contributed by atoms with Crippen LogP contribution in [0.25, 0.3) is 16.5 Å². The average Bonchev–Trinajstić information content (AvgIpc) is 3.44. The Labute approximate surface area is 220 Å². The molecular formula is C28H22F3N3O5. The zero-order valence-electron chi connectivity index (χ0n) is 20.5. The number of nitriles is 1. The monoisotopic (exact) mass is 537 g/mol. The van der Waals surface area contributed by atoms with Crippen LogP contribution in [0.15, 0.2) is 54.7 Å². The Balaban J connectivity index is 1.38. The van der Waals surface area contributed by atoms with Gasteiger partial charge in [-0.05, 0) is 25.1 Å². The van der Waals surface area contributed by atoms with Crippen LogP contribution in [-0.4, -0.2) is 37.6 Å². The standard InChI is InChI=1S/C28H22F3N3O5/c1-26-20(35)12-27(39-26,10-11-38-21-9-7-16(14-33-21)28(29,30)31)23-22(26)24(36)34(25(23)37)19-8-6-15(13-32)17-4-2-3-5-18(17)19/h2-9,14,20,35-37H,10-12H2,1H3/t20-,26-,27+/m1/s1. The molecule has 0 aliphatic carbocycles. The van der Waals surface area contributed by atoms with Gasteiger partial charge in [-0.15, -0.1) is 0 Å². The summed E-state index contributed by atoms with van der Waals surface area (Å²) < 4.78 is 51.6. The third kappa shape index (κ3) is 3.56. The molecule has 0 radical (unpaired) electrons. The van der Waals surface area contributed by atoms with Gasteiger partial charge in [-0.1, -0.05) is 24.3 Å². The molecule has 3 N–H and O–H groups in total. The molecule has 200 valence electrons. The van der Waals surface area contributed by atoms with Crippen LogP contribution in [0, 0.1) is 11.3 Å². The van der Waals surface area contributed by atoms with Crippen LogP contribution in [0.4, 0.5) is 13.2 Å². The fourth-order valence-electron chi connectivity index (χ4n) is 5.88. The van der Waals surface area contributed by atoms with E-state index in [1.54, 1.807) is 43.3 Å². The van der Waals surface area contributed by atoms with Gasteiger partial charge in [-0.3, -0.25) is 4.57 Å². The average molecular weight is 537 g/mol. The lowest BCUT2D eigenvalue weighted by molar-refractivity contribution is -0.137. The van der Waals surface area contributed by atoms with E-state index in [0.29, 0.717) is 33.8 Å². The van der Waals surface area contributed by atoms with Gasteiger partial charge in [0.25, 0.3) is 0 Å². The van der Waals surface area contributed by atoms with Gasteiger partial charge in [0, 0.05) is 35.9 Å². The molecular weight excluding hydrogens is 515 g/mol. The Bertz CT molecular complexity index is 1660. The molecule has 39 heavy (non-hydrogen) atoms.